The zero-order valence-electron chi connectivity index (χ0n) is 11.4. The highest BCUT2D eigenvalue weighted by Crippen LogP contribution is 2.24. The summed E-state index contributed by atoms with van der Waals surface area (Å²) in [6, 6.07) is 8.35. The van der Waals surface area contributed by atoms with E-state index in [0.717, 1.165) is 28.2 Å². The van der Waals surface area contributed by atoms with Crippen LogP contribution in [-0.4, -0.2) is 9.38 Å². The maximum absolute atomic E-state index is 6.02. The highest BCUT2D eigenvalue weighted by molar-refractivity contribution is 5.71. The van der Waals surface area contributed by atoms with Crippen molar-refractivity contribution in [2.45, 2.75) is 20.8 Å². The summed E-state index contributed by atoms with van der Waals surface area (Å²) in [7, 11) is 0. The number of nitrogens with zero attached hydrogens (tertiary/aromatic N) is 2. The quantitative estimate of drug-likeness (QED) is 0.719. The van der Waals surface area contributed by atoms with Crippen LogP contribution in [0.5, 0.6) is 0 Å². The molecule has 19 heavy (non-hydrogen) atoms. The fourth-order valence-corrected chi connectivity index (χ4v) is 2.31. The summed E-state index contributed by atoms with van der Waals surface area (Å²) in [4.78, 5) is 4.63. The molecule has 0 amide bonds. The van der Waals surface area contributed by atoms with Crippen molar-refractivity contribution in [3.63, 3.8) is 0 Å². The number of hydrogen-bond donors (Lipinski definition) is 1. The van der Waals surface area contributed by atoms with Gasteiger partial charge in [-0.1, -0.05) is 12.1 Å². The van der Waals surface area contributed by atoms with Gasteiger partial charge < -0.3 is 10.1 Å². The van der Waals surface area contributed by atoms with E-state index in [4.69, 9.17) is 5.73 Å². The zero-order valence-corrected chi connectivity index (χ0v) is 11.4. The highest BCUT2D eigenvalue weighted by atomic mass is 15.0. The standard InChI is InChI=1S/C16H17N3/c1-10-6-14(17)16-18-15(9-19(16)8-10)13-5-4-11(2)12(3)7-13/h4-9H,17H2,1-3H3. The van der Waals surface area contributed by atoms with Gasteiger partial charge in [-0.3, -0.25) is 0 Å². The molecule has 0 aliphatic carbocycles. The Kier molecular flexibility index (Phi) is 2.56. The van der Waals surface area contributed by atoms with Gasteiger partial charge in [0.15, 0.2) is 5.65 Å². The Morgan fingerprint density at radius 3 is 2.53 bits per heavy atom. The lowest BCUT2D eigenvalue weighted by atomic mass is 10.1. The predicted molar refractivity (Wildman–Crippen MR) is 79.3 cm³/mol. The minimum Gasteiger partial charge on any atom is -0.396 e. The molecular weight excluding hydrogens is 234 g/mol. The number of nitrogen functional groups attached to an aromatic ring is 1. The first kappa shape index (κ1) is 11.8. The van der Waals surface area contributed by atoms with E-state index in [2.05, 4.69) is 37.0 Å². The Balaban J connectivity index is 2.20. The summed E-state index contributed by atoms with van der Waals surface area (Å²) in [5.74, 6) is 0. The monoisotopic (exact) mass is 251 g/mol. The summed E-state index contributed by atoms with van der Waals surface area (Å²) < 4.78 is 2.00. The van der Waals surface area contributed by atoms with Crippen molar-refractivity contribution in [1.82, 2.24) is 9.38 Å². The van der Waals surface area contributed by atoms with Crippen LogP contribution in [0, 0.1) is 20.8 Å². The third-order valence-corrected chi connectivity index (χ3v) is 3.52. The van der Waals surface area contributed by atoms with Crippen LogP contribution in [0.4, 0.5) is 5.69 Å². The summed E-state index contributed by atoms with van der Waals surface area (Å²) in [6.45, 7) is 6.27. The van der Waals surface area contributed by atoms with Crippen LogP contribution in [0.15, 0.2) is 36.7 Å². The third-order valence-electron chi connectivity index (χ3n) is 3.52. The third kappa shape index (κ3) is 1.97. The number of nitrogens with two attached hydrogens (primary N) is 1. The second-order valence-electron chi connectivity index (χ2n) is 5.13. The minimum atomic E-state index is 0.718. The normalized spacial score (nSPS) is 11.1. The summed E-state index contributed by atoms with van der Waals surface area (Å²) in [5.41, 5.74) is 13.3. The van der Waals surface area contributed by atoms with Gasteiger partial charge in [0.05, 0.1) is 11.4 Å². The van der Waals surface area contributed by atoms with E-state index in [-0.39, 0.29) is 0 Å². The summed E-state index contributed by atoms with van der Waals surface area (Å²) in [5, 5.41) is 0. The van der Waals surface area contributed by atoms with E-state index in [1.807, 2.05) is 29.8 Å². The second-order valence-corrected chi connectivity index (χ2v) is 5.13. The Morgan fingerprint density at radius 1 is 1.00 bits per heavy atom. The number of pyridine rings is 1. The van der Waals surface area contributed by atoms with Gasteiger partial charge in [-0.15, -0.1) is 0 Å². The van der Waals surface area contributed by atoms with Gasteiger partial charge in [-0.2, -0.15) is 0 Å². The molecule has 0 saturated heterocycles. The fraction of sp³-hybridized carbons (Fsp3) is 0.188. The highest BCUT2D eigenvalue weighted by Gasteiger charge is 2.08. The summed E-state index contributed by atoms with van der Waals surface area (Å²) in [6.07, 6.45) is 4.08. The molecule has 1 aromatic carbocycles. The van der Waals surface area contributed by atoms with Gasteiger partial charge in [0, 0.05) is 18.0 Å². The number of fused-ring (bicyclic) bond motifs is 1. The van der Waals surface area contributed by atoms with E-state index in [9.17, 15) is 0 Å². The zero-order chi connectivity index (χ0) is 13.6. The van der Waals surface area contributed by atoms with Gasteiger partial charge in [0.1, 0.15) is 0 Å². The molecule has 0 unspecified atom stereocenters. The molecular formula is C16H17N3. The van der Waals surface area contributed by atoms with Crippen LogP contribution in [0.3, 0.4) is 0 Å². The van der Waals surface area contributed by atoms with Crippen LogP contribution in [0.1, 0.15) is 16.7 Å². The van der Waals surface area contributed by atoms with Crippen molar-refractivity contribution in [2.24, 2.45) is 0 Å². The van der Waals surface area contributed by atoms with Crippen molar-refractivity contribution >= 4 is 11.3 Å². The number of hydrogen-bond acceptors (Lipinski definition) is 2. The van der Waals surface area contributed by atoms with Gasteiger partial charge >= 0.3 is 0 Å². The molecule has 0 aliphatic heterocycles. The maximum Gasteiger partial charge on any atom is 0.160 e. The maximum atomic E-state index is 6.02. The van der Waals surface area contributed by atoms with E-state index in [1.165, 1.54) is 11.1 Å². The van der Waals surface area contributed by atoms with E-state index < -0.39 is 0 Å². The molecule has 0 aliphatic rings. The van der Waals surface area contributed by atoms with Gasteiger partial charge in [-0.25, -0.2) is 4.98 Å². The van der Waals surface area contributed by atoms with Gasteiger partial charge in [0.2, 0.25) is 0 Å². The second kappa shape index (κ2) is 4.12. The summed E-state index contributed by atoms with van der Waals surface area (Å²) >= 11 is 0. The minimum absolute atomic E-state index is 0.718. The molecule has 3 aromatic rings. The molecule has 2 aromatic heterocycles. The Labute approximate surface area is 112 Å². The van der Waals surface area contributed by atoms with E-state index in [1.54, 1.807) is 0 Å². The van der Waals surface area contributed by atoms with Crippen LogP contribution < -0.4 is 5.73 Å². The average Bonchev–Trinajstić information content (AvgIpc) is 2.76. The molecule has 96 valence electrons. The Hall–Kier alpha value is -2.29. The van der Waals surface area contributed by atoms with Gasteiger partial charge in [0.25, 0.3) is 0 Å². The number of rotatable bonds is 1. The van der Waals surface area contributed by atoms with Crippen molar-refractivity contribution in [3.8, 4) is 11.3 Å². The number of imidazole rings is 1. The predicted octanol–water partition coefficient (Wildman–Crippen LogP) is 3.51. The molecule has 2 N–H and O–H groups in total. The first-order valence-corrected chi connectivity index (χ1v) is 6.37. The lowest BCUT2D eigenvalue weighted by Gasteiger charge is -2.01. The smallest absolute Gasteiger partial charge is 0.160 e. The molecule has 0 saturated carbocycles. The topological polar surface area (TPSA) is 43.3 Å². The van der Waals surface area contributed by atoms with Crippen molar-refractivity contribution < 1.29 is 0 Å². The molecule has 0 spiro atoms. The first-order valence-electron chi connectivity index (χ1n) is 6.37. The molecule has 2 heterocycles. The molecule has 0 bridgehead atoms. The Bertz CT molecular complexity index is 769. The lowest BCUT2D eigenvalue weighted by Crippen LogP contribution is -1.93. The molecule has 3 heteroatoms. The van der Waals surface area contributed by atoms with Crippen molar-refractivity contribution in [2.75, 3.05) is 5.73 Å². The molecule has 0 atom stereocenters. The van der Waals surface area contributed by atoms with Crippen molar-refractivity contribution in [3.05, 3.63) is 53.3 Å². The van der Waals surface area contributed by atoms with Gasteiger partial charge in [-0.05, 0) is 49.6 Å². The van der Waals surface area contributed by atoms with E-state index in [0.29, 0.717) is 0 Å². The van der Waals surface area contributed by atoms with Crippen LogP contribution >= 0.6 is 0 Å². The average molecular weight is 251 g/mol. The number of aromatic nitrogens is 2. The van der Waals surface area contributed by atoms with Crippen LogP contribution in [-0.2, 0) is 0 Å². The molecule has 3 rings (SSSR count). The van der Waals surface area contributed by atoms with Crippen LogP contribution in [0.2, 0.25) is 0 Å². The Morgan fingerprint density at radius 2 is 1.79 bits per heavy atom. The molecule has 0 fully saturated rings. The van der Waals surface area contributed by atoms with Crippen molar-refractivity contribution in [1.29, 1.82) is 0 Å². The fourth-order valence-electron chi connectivity index (χ4n) is 2.31. The van der Waals surface area contributed by atoms with E-state index >= 15 is 0 Å². The first-order chi connectivity index (χ1) is 9.04. The lowest BCUT2D eigenvalue weighted by molar-refractivity contribution is 1.16. The number of aryl methyl sites for hydroxylation is 3. The number of anilines is 1. The largest absolute Gasteiger partial charge is 0.396 e. The SMILES string of the molecule is Cc1cc(N)c2nc(-c3ccc(C)c(C)c3)cn2c1. The molecule has 0 radical (unpaired) electrons. The number of benzene rings is 1. The van der Waals surface area contributed by atoms with Crippen LogP contribution in [0.25, 0.3) is 16.9 Å². The molecule has 3 nitrogen and oxygen atoms in total.